The van der Waals surface area contributed by atoms with Crippen LogP contribution in [0.1, 0.15) is 31.2 Å². The van der Waals surface area contributed by atoms with Crippen LogP contribution in [-0.2, 0) is 9.59 Å². The van der Waals surface area contributed by atoms with Crippen molar-refractivity contribution in [2.24, 2.45) is 23.7 Å². The zero-order valence-corrected chi connectivity index (χ0v) is 14.9. The Labute approximate surface area is 149 Å². The fraction of sp³-hybridized carbons (Fsp3) is 0.421. The Morgan fingerprint density at radius 3 is 2.64 bits per heavy atom. The van der Waals surface area contributed by atoms with E-state index < -0.39 is 17.8 Å². The van der Waals surface area contributed by atoms with Crippen molar-refractivity contribution >= 4 is 39.1 Å². The number of amides is 1. The van der Waals surface area contributed by atoms with Gasteiger partial charge in [0.1, 0.15) is 0 Å². The largest absolute Gasteiger partial charge is 0.481 e. The van der Waals surface area contributed by atoms with Gasteiger partial charge in [0, 0.05) is 11.6 Å². The third kappa shape index (κ3) is 2.74. The van der Waals surface area contributed by atoms with Crippen molar-refractivity contribution in [3.05, 3.63) is 35.4 Å². The topological polar surface area (TPSA) is 79.3 Å². The van der Waals surface area contributed by atoms with Gasteiger partial charge in [-0.15, -0.1) is 11.3 Å². The van der Waals surface area contributed by atoms with Crippen LogP contribution in [0.3, 0.4) is 0 Å². The number of rotatable bonds is 4. The molecule has 0 aliphatic heterocycles. The maximum atomic E-state index is 12.7. The molecule has 1 amide bonds. The average molecular weight is 356 g/mol. The Morgan fingerprint density at radius 2 is 1.96 bits per heavy atom. The summed E-state index contributed by atoms with van der Waals surface area (Å²) in [5, 5.41) is 13.5. The fourth-order valence-electron chi connectivity index (χ4n) is 4.01. The lowest BCUT2D eigenvalue weighted by Gasteiger charge is -2.23. The number of allylic oxidation sites excluding steroid dienone is 2. The summed E-state index contributed by atoms with van der Waals surface area (Å²) in [6.07, 6.45) is 4.71. The molecule has 4 atom stereocenters. The molecular formula is C19H20N2O3S. The van der Waals surface area contributed by atoms with Crippen molar-refractivity contribution in [3.63, 3.8) is 0 Å². The molecule has 6 heteroatoms. The van der Waals surface area contributed by atoms with Crippen molar-refractivity contribution in [1.29, 1.82) is 0 Å². The van der Waals surface area contributed by atoms with Crippen LogP contribution in [-0.4, -0.2) is 22.0 Å². The minimum Gasteiger partial charge on any atom is -0.481 e. The van der Waals surface area contributed by atoms with Crippen LogP contribution in [0.25, 0.3) is 10.2 Å². The van der Waals surface area contributed by atoms with E-state index in [0.29, 0.717) is 11.6 Å². The van der Waals surface area contributed by atoms with E-state index in [2.05, 4.69) is 24.1 Å². The van der Waals surface area contributed by atoms with E-state index in [0.717, 1.165) is 21.6 Å². The monoisotopic (exact) mass is 356 g/mol. The summed E-state index contributed by atoms with van der Waals surface area (Å²) >= 11 is 1.63. The molecule has 2 aliphatic rings. The number of aliphatic carboxylic acids is 1. The number of carbonyl (C=O) groups excluding carboxylic acids is 1. The molecule has 2 bridgehead atoms. The maximum Gasteiger partial charge on any atom is 0.307 e. The number of nitrogens with one attached hydrogen (secondary N) is 1. The number of thiazole rings is 1. The van der Waals surface area contributed by atoms with Crippen LogP contribution in [0.15, 0.2) is 30.4 Å². The van der Waals surface area contributed by atoms with E-state index >= 15 is 0 Å². The molecule has 1 heterocycles. The molecule has 0 saturated heterocycles. The maximum absolute atomic E-state index is 12.7. The van der Waals surface area contributed by atoms with Crippen molar-refractivity contribution < 1.29 is 14.7 Å². The quantitative estimate of drug-likeness (QED) is 0.815. The van der Waals surface area contributed by atoms with Crippen LogP contribution in [0.4, 0.5) is 5.69 Å². The molecule has 2 N–H and O–H groups in total. The lowest BCUT2D eigenvalue weighted by Crippen LogP contribution is -2.36. The van der Waals surface area contributed by atoms with Gasteiger partial charge in [-0.1, -0.05) is 26.0 Å². The molecular weight excluding hydrogens is 336 g/mol. The van der Waals surface area contributed by atoms with Gasteiger partial charge in [0.15, 0.2) is 0 Å². The molecule has 1 saturated carbocycles. The Hall–Kier alpha value is -2.21. The summed E-state index contributed by atoms with van der Waals surface area (Å²) in [4.78, 5) is 28.9. The smallest absolute Gasteiger partial charge is 0.307 e. The normalized spacial score (nSPS) is 27.3. The summed E-state index contributed by atoms with van der Waals surface area (Å²) in [6, 6.07) is 5.67. The third-order valence-corrected chi connectivity index (χ3v) is 6.53. The Balaban J connectivity index is 1.57. The average Bonchev–Trinajstić information content (AvgIpc) is 3.27. The summed E-state index contributed by atoms with van der Waals surface area (Å²) in [6.45, 7) is 4.21. The molecule has 2 aliphatic carbocycles. The van der Waals surface area contributed by atoms with Crippen LogP contribution < -0.4 is 5.32 Å². The first-order chi connectivity index (χ1) is 11.9. The van der Waals surface area contributed by atoms with Gasteiger partial charge in [0.05, 0.1) is 27.1 Å². The number of nitrogens with zero attached hydrogens (tertiary/aromatic N) is 1. The Morgan fingerprint density at radius 1 is 1.24 bits per heavy atom. The summed E-state index contributed by atoms with van der Waals surface area (Å²) in [5.74, 6) is -1.80. The van der Waals surface area contributed by atoms with Crippen LogP contribution in [0, 0.1) is 23.7 Å². The molecule has 25 heavy (non-hydrogen) atoms. The molecule has 1 aromatic heterocycles. The Kier molecular flexibility index (Phi) is 3.87. The molecule has 130 valence electrons. The minimum absolute atomic E-state index is 0.0178. The van der Waals surface area contributed by atoms with Crippen LogP contribution in [0.5, 0.6) is 0 Å². The van der Waals surface area contributed by atoms with E-state index in [1.165, 1.54) is 0 Å². The van der Waals surface area contributed by atoms with Gasteiger partial charge in [-0.3, -0.25) is 9.59 Å². The molecule has 0 unspecified atom stereocenters. The van der Waals surface area contributed by atoms with Gasteiger partial charge in [-0.2, -0.15) is 0 Å². The van der Waals surface area contributed by atoms with Gasteiger partial charge in [-0.25, -0.2) is 4.98 Å². The van der Waals surface area contributed by atoms with Gasteiger partial charge in [0.2, 0.25) is 5.91 Å². The second-order valence-corrected chi connectivity index (χ2v) is 8.28. The van der Waals surface area contributed by atoms with Gasteiger partial charge in [-0.05, 0) is 36.5 Å². The number of hydrogen-bond donors (Lipinski definition) is 2. The first-order valence-electron chi connectivity index (χ1n) is 8.56. The molecule has 0 radical (unpaired) electrons. The highest BCUT2D eigenvalue weighted by Gasteiger charge is 2.51. The highest BCUT2D eigenvalue weighted by Crippen LogP contribution is 2.48. The van der Waals surface area contributed by atoms with E-state index in [1.54, 1.807) is 11.3 Å². The van der Waals surface area contributed by atoms with E-state index in [4.69, 9.17) is 0 Å². The first kappa shape index (κ1) is 16.3. The third-order valence-electron chi connectivity index (χ3n) is 5.21. The number of anilines is 1. The van der Waals surface area contributed by atoms with Crippen molar-refractivity contribution in [2.75, 3.05) is 5.32 Å². The summed E-state index contributed by atoms with van der Waals surface area (Å²) < 4.78 is 1.03. The molecule has 1 aromatic carbocycles. The molecule has 0 spiro atoms. The molecule has 1 fully saturated rings. The number of carbonyl (C=O) groups is 2. The Bertz CT molecular complexity index is 886. The number of carboxylic acid groups (broad SMARTS) is 1. The van der Waals surface area contributed by atoms with Crippen molar-refractivity contribution in [3.8, 4) is 0 Å². The minimum atomic E-state index is -0.878. The highest BCUT2D eigenvalue weighted by atomic mass is 32.1. The first-order valence-corrected chi connectivity index (χ1v) is 9.38. The molecule has 2 aromatic rings. The zero-order valence-electron chi connectivity index (χ0n) is 14.1. The predicted octanol–water partition coefficient (Wildman–Crippen LogP) is 3.88. The van der Waals surface area contributed by atoms with Gasteiger partial charge in [0.25, 0.3) is 0 Å². The number of aromatic nitrogens is 1. The van der Waals surface area contributed by atoms with Crippen LogP contribution in [0.2, 0.25) is 0 Å². The van der Waals surface area contributed by atoms with E-state index in [-0.39, 0.29) is 17.7 Å². The lowest BCUT2D eigenvalue weighted by atomic mass is 9.82. The number of hydrogen-bond acceptors (Lipinski definition) is 4. The second kappa shape index (κ2) is 5.95. The number of fused-ring (bicyclic) bond motifs is 3. The number of carboxylic acids is 1. The lowest BCUT2D eigenvalue weighted by molar-refractivity contribution is -0.146. The highest BCUT2D eigenvalue weighted by molar-refractivity contribution is 7.18. The zero-order chi connectivity index (χ0) is 17.7. The predicted molar refractivity (Wildman–Crippen MR) is 97.7 cm³/mol. The van der Waals surface area contributed by atoms with Crippen molar-refractivity contribution in [2.45, 2.75) is 26.2 Å². The fourth-order valence-corrected chi connectivity index (χ4v) is 5.02. The SMILES string of the molecule is CC(C)c1nc2ccc(NC(=O)[C@H]3[C@H](C(=O)O)[C@H]4C=C[C@H]3C4)cc2s1. The molecule has 5 nitrogen and oxygen atoms in total. The van der Waals surface area contributed by atoms with Crippen molar-refractivity contribution in [1.82, 2.24) is 4.98 Å². The standard InChI is InChI=1S/C19H20N2O3S/c1-9(2)18-21-13-6-5-12(8-14(13)25-18)20-17(22)15-10-3-4-11(7-10)16(15)19(23)24/h3-6,8-11,15-16H,7H2,1-2H3,(H,20,22)(H,23,24)/t10-,11-,15+,16+/m0/s1. The van der Waals surface area contributed by atoms with E-state index in [1.807, 2.05) is 30.4 Å². The summed E-state index contributed by atoms with van der Waals surface area (Å²) in [5.41, 5.74) is 1.63. The number of benzene rings is 1. The molecule has 4 rings (SSSR count). The van der Waals surface area contributed by atoms with E-state index in [9.17, 15) is 14.7 Å². The van der Waals surface area contributed by atoms with Gasteiger partial charge < -0.3 is 10.4 Å². The second-order valence-electron chi connectivity index (χ2n) is 7.22. The van der Waals surface area contributed by atoms with Gasteiger partial charge >= 0.3 is 5.97 Å². The summed E-state index contributed by atoms with van der Waals surface area (Å²) in [7, 11) is 0. The van der Waals surface area contributed by atoms with Crippen LogP contribution >= 0.6 is 11.3 Å².